The number of fused-ring (bicyclic) bond motifs is 3. The van der Waals surface area contributed by atoms with Crippen molar-refractivity contribution in [3.05, 3.63) is 39.6 Å². The smallest absolute Gasteiger partial charge is 0.338 e. The van der Waals surface area contributed by atoms with Crippen LogP contribution in [0.4, 0.5) is 13.2 Å². The van der Waals surface area contributed by atoms with Crippen LogP contribution in [0.2, 0.25) is 0 Å². The van der Waals surface area contributed by atoms with E-state index in [2.05, 4.69) is 22.6 Å². The lowest BCUT2D eigenvalue weighted by atomic mass is 10.2. The molecule has 1 amide bonds. The molecule has 21 heavy (non-hydrogen) atoms. The largest absolute Gasteiger partial charge is 0.471 e. The van der Waals surface area contributed by atoms with Gasteiger partial charge < -0.3 is 9.88 Å². The molecule has 1 N–H and O–H groups in total. The molecule has 1 aromatic carbocycles. The number of amides is 1. The average molecular weight is 406 g/mol. The number of carbonyl (C=O) groups is 1. The highest BCUT2D eigenvalue weighted by atomic mass is 127. The van der Waals surface area contributed by atoms with E-state index >= 15 is 0 Å². The van der Waals surface area contributed by atoms with Gasteiger partial charge in [0, 0.05) is 21.0 Å². The van der Waals surface area contributed by atoms with Crippen LogP contribution in [-0.4, -0.2) is 16.7 Å². The fourth-order valence-electron chi connectivity index (χ4n) is 2.50. The summed E-state index contributed by atoms with van der Waals surface area (Å²) in [5.41, 5.74) is 1.83. The number of rotatable bonds is 1. The number of aryl methyl sites for hydroxylation is 1. The van der Waals surface area contributed by atoms with Crippen molar-refractivity contribution < 1.29 is 18.0 Å². The first-order valence-electron chi connectivity index (χ1n) is 6.25. The van der Waals surface area contributed by atoms with Crippen molar-refractivity contribution in [2.75, 3.05) is 0 Å². The van der Waals surface area contributed by atoms with Gasteiger partial charge >= 0.3 is 12.1 Å². The van der Waals surface area contributed by atoms with E-state index in [1.807, 2.05) is 34.1 Å². The van der Waals surface area contributed by atoms with E-state index in [0.29, 0.717) is 18.7 Å². The van der Waals surface area contributed by atoms with Gasteiger partial charge in [-0.2, -0.15) is 13.2 Å². The summed E-state index contributed by atoms with van der Waals surface area (Å²) in [6.07, 6.45) is -2.67. The number of alkyl halides is 3. The number of nitrogens with one attached hydrogen (secondary N) is 1. The number of aromatic nitrogens is 1. The average Bonchev–Trinajstić information content (AvgIpc) is 2.73. The highest BCUT2D eigenvalue weighted by Gasteiger charge is 2.39. The Morgan fingerprint density at radius 3 is 2.71 bits per heavy atom. The van der Waals surface area contributed by atoms with E-state index < -0.39 is 12.1 Å². The van der Waals surface area contributed by atoms with E-state index in [9.17, 15) is 18.0 Å². The predicted molar refractivity (Wildman–Crippen MR) is 81.4 cm³/mol. The van der Waals surface area contributed by atoms with Gasteiger partial charge in [0.05, 0.1) is 11.4 Å². The molecule has 0 saturated heterocycles. The van der Waals surface area contributed by atoms with Gasteiger partial charge in [-0.1, -0.05) is 24.3 Å². The first-order chi connectivity index (χ1) is 9.89. The van der Waals surface area contributed by atoms with Crippen LogP contribution >= 0.6 is 22.6 Å². The number of carbonyl (C=O) groups excluding carboxylic acids is 1. The fraction of sp³-hybridized carbons (Fsp3) is 0.214. The summed E-state index contributed by atoms with van der Waals surface area (Å²) in [5.74, 6) is -1.94. The Morgan fingerprint density at radius 1 is 1.29 bits per heavy atom. The standard InChI is InChI=1S/C14H10F3IN2O/c15-14(16,17)13(21)19-9-5-3-7-20-10-6-2-1-4-8(10)11(18)12(9)20/h1-2,4-6H,3,7H2,(H,19,21). The van der Waals surface area contributed by atoms with Crippen molar-refractivity contribution in [2.45, 2.75) is 19.1 Å². The van der Waals surface area contributed by atoms with Gasteiger partial charge in [0.2, 0.25) is 0 Å². The fourth-order valence-corrected chi connectivity index (χ4v) is 3.53. The van der Waals surface area contributed by atoms with Gasteiger partial charge in [0.1, 0.15) is 0 Å². The molecule has 0 radical (unpaired) electrons. The van der Waals surface area contributed by atoms with Crippen LogP contribution < -0.4 is 5.32 Å². The summed E-state index contributed by atoms with van der Waals surface area (Å²) in [5, 5.41) is 2.96. The molecule has 0 spiro atoms. The van der Waals surface area contributed by atoms with Crippen molar-refractivity contribution >= 4 is 45.1 Å². The van der Waals surface area contributed by atoms with Crippen molar-refractivity contribution in [1.82, 2.24) is 9.88 Å². The Balaban J connectivity index is 2.08. The molecule has 2 aromatic rings. The minimum atomic E-state index is -4.89. The van der Waals surface area contributed by atoms with Crippen molar-refractivity contribution in [2.24, 2.45) is 0 Å². The molecule has 0 aliphatic carbocycles. The third kappa shape index (κ3) is 2.43. The zero-order chi connectivity index (χ0) is 15.2. The Hall–Kier alpha value is -1.51. The topological polar surface area (TPSA) is 34.0 Å². The van der Waals surface area contributed by atoms with Crippen LogP contribution in [-0.2, 0) is 11.3 Å². The van der Waals surface area contributed by atoms with Crippen LogP contribution in [0.1, 0.15) is 12.1 Å². The second kappa shape index (κ2) is 5.04. The van der Waals surface area contributed by atoms with E-state index in [0.717, 1.165) is 14.5 Å². The van der Waals surface area contributed by atoms with Gasteiger partial charge in [-0.25, -0.2) is 0 Å². The van der Waals surface area contributed by atoms with Gasteiger partial charge in [-0.15, -0.1) is 0 Å². The van der Waals surface area contributed by atoms with E-state index in [4.69, 9.17) is 0 Å². The van der Waals surface area contributed by atoms with Crippen LogP contribution in [0, 0.1) is 3.57 Å². The monoisotopic (exact) mass is 406 g/mol. The normalized spacial score (nSPS) is 14.8. The van der Waals surface area contributed by atoms with Crippen LogP contribution in [0.3, 0.4) is 0 Å². The molecule has 7 heteroatoms. The second-order valence-corrected chi connectivity index (χ2v) is 5.77. The molecule has 1 aliphatic rings. The molecule has 2 heterocycles. The first kappa shape index (κ1) is 14.4. The molecule has 0 unspecified atom stereocenters. The number of benzene rings is 1. The highest BCUT2D eigenvalue weighted by molar-refractivity contribution is 14.1. The third-order valence-corrected chi connectivity index (χ3v) is 4.46. The van der Waals surface area contributed by atoms with Crippen molar-refractivity contribution in [3.8, 4) is 0 Å². The zero-order valence-electron chi connectivity index (χ0n) is 10.7. The zero-order valence-corrected chi connectivity index (χ0v) is 12.8. The summed E-state index contributed by atoms with van der Waals surface area (Å²) < 4.78 is 40.1. The van der Waals surface area contributed by atoms with Crippen molar-refractivity contribution in [3.63, 3.8) is 0 Å². The molecule has 0 saturated carbocycles. The predicted octanol–water partition coefficient (Wildman–Crippen LogP) is 3.67. The number of allylic oxidation sites excluding steroid dienone is 1. The lowest BCUT2D eigenvalue weighted by Crippen LogP contribution is -2.36. The quantitative estimate of drug-likeness (QED) is 0.721. The maximum atomic E-state index is 12.4. The first-order valence-corrected chi connectivity index (χ1v) is 7.33. The maximum absolute atomic E-state index is 12.4. The highest BCUT2D eigenvalue weighted by Crippen LogP contribution is 2.34. The molecular weight excluding hydrogens is 396 g/mol. The maximum Gasteiger partial charge on any atom is 0.471 e. The van der Waals surface area contributed by atoms with Crippen LogP contribution in [0.15, 0.2) is 30.3 Å². The number of nitrogens with zero attached hydrogens (tertiary/aromatic N) is 1. The SMILES string of the molecule is O=C(NC1=CCCn2c1c(I)c1ccccc12)C(F)(F)F. The number of para-hydroxylation sites is 1. The molecule has 3 rings (SSSR count). The van der Waals surface area contributed by atoms with Crippen LogP contribution in [0.25, 0.3) is 16.6 Å². The van der Waals surface area contributed by atoms with E-state index in [-0.39, 0.29) is 5.70 Å². The molecular formula is C14H10F3IN2O. The summed E-state index contributed by atoms with van der Waals surface area (Å²) in [6.45, 7) is 0.685. The van der Waals surface area contributed by atoms with E-state index in [1.165, 1.54) is 0 Å². The van der Waals surface area contributed by atoms with Gasteiger partial charge in [-0.3, -0.25) is 4.79 Å². The molecule has 0 fully saturated rings. The molecule has 1 aromatic heterocycles. The minimum absolute atomic E-state index is 0.226. The lowest BCUT2D eigenvalue weighted by molar-refractivity contribution is -0.172. The number of hydrogen-bond acceptors (Lipinski definition) is 1. The Kier molecular flexibility index (Phi) is 3.46. The molecule has 1 aliphatic heterocycles. The van der Waals surface area contributed by atoms with E-state index in [1.54, 1.807) is 6.08 Å². The summed E-state index contributed by atoms with van der Waals surface area (Å²) >= 11 is 2.11. The van der Waals surface area contributed by atoms with Crippen LogP contribution in [0.5, 0.6) is 0 Å². The van der Waals surface area contributed by atoms with Gasteiger partial charge in [0.25, 0.3) is 0 Å². The summed E-state index contributed by atoms with van der Waals surface area (Å²) in [4.78, 5) is 11.2. The number of halogens is 4. The molecule has 0 bridgehead atoms. The second-order valence-electron chi connectivity index (χ2n) is 4.69. The molecule has 0 atom stereocenters. The summed E-state index contributed by atoms with van der Waals surface area (Å²) in [7, 11) is 0. The van der Waals surface area contributed by atoms with Crippen molar-refractivity contribution in [1.29, 1.82) is 0 Å². The van der Waals surface area contributed by atoms with Gasteiger partial charge in [0.15, 0.2) is 0 Å². The number of hydrogen-bond donors (Lipinski definition) is 1. The Morgan fingerprint density at radius 2 is 2.00 bits per heavy atom. The Bertz CT molecular complexity index is 761. The minimum Gasteiger partial charge on any atom is -0.338 e. The summed E-state index contributed by atoms with van der Waals surface area (Å²) in [6, 6.07) is 7.62. The van der Waals surface area contributed by atoms with Gasteiger partial charge in [-0.05, 0) is 35.1 Å². The molecule has 3 nitrogen and oxygen atoms in total. The lowest BCUT2D eigenvalue weighted by Gasteiger charge is -2.19. The molecule has 110 valence electrons. The third-order valence-electron chi connectivity index (χ3n) is 3.37. The Labute approximate surface area is 131 Å².